The Bertz CT molecular complexity index is 788. The molecule has 26 heavy (non-hydrogen) atoms. The van der Waals surface area contributed by atoms with Gasteiger partial charge in [-0.2, -0.15) is 0 Å². The van der Waals surface area contributed by atoms with Gasteiger partial charge in [-0.1, -0.05) is 36.7 Å². The standard InChI is InChI=1S/C20H28N4OS/c1-14-8-9-17-18(15(14)2)22-20(26-17)24-12-10-23(11-13-24)19(25)21-16-6-4-3-5-7-16/h8-9,16H,3-7,10-13H2,1-2H3,(H,21,25). The van der Waals surface area contributed by atoms with Crippen LogP contribution in [0.1, 0.15) is 43.2 Å². The fourth-order valence-electron chi connectivity index (χ4n) is 3.96. The monoisotopic (exact) mass is 372 g/mol. The molecule has 2 aromatic rings. The average molecular weight is 373 g/mol. The Morgan fingerprint density at radius 2 is 1.85 bits per heavy atom. The van der Waals surface area contributed by atoms with Crippen LogP contribution in [0.4, 0.5) is 9.93 Å². The molecule has 6 heteroatoms. The highest BCUT2D eigenvalue weighted by Gasteiger charge is 2.25. The summed E-state index contributed by atoms with van der Waals surface area (Å²) in [7, 11) is 0. The first-order valence-electron chi connectivity index (χ1n) is 9.79. The van der Waals surface area contributed by atoms with E-state index < -0.39 is 0 Å². The molecule has 1 aliphatic carbocycles. The number of amides is 2. The van der Waals surface area contributed by atoms with Gasteiger partial charge in [0.25, 0.3) is 0 Å². The van der Waals surface area contributed by atoms with Crippen LogP contribution in [-0.2, 0) is 0 Å². The van der Waals surface area contributed by atoms with Crippen LogP contribution in [0, 0.1) is 13.8 Å². The molecule has 1 saturated carbocycles. The Balaban J connectivity index is 1.37. The number of aromatic nitrogens is 1. The number of nitrogens with zero attached hydrogens (tertiary/aromatic N) is 3. The molecule has 1 N–H and O–H groups in total. The number of urea groups is 1. The van der Waals surface area contributed by atoms with Crippen molar-refractivity contribution in [3.63, 3.8) is 0 Å². The van der Waals surface area contributed by atoms with E-state index in [0.29, 0.717) is 6.04 Å². The second-order valence-corrected chi connectivity index (χ2v) is 8.62. The summed E-state index contributed by atoms with van der Waals surface area (Å²) in [5, 5.41) is 4.32. The highest BCUT2D eigenvalue weighted by atomic mass is 32.1. The van der Waals surface area contributed by atoms with Crippen molar-refractivity contribution in [1.29, 1.82) is 0 Å². The third-order valence-electron chi connectivity index (χ3n) is 5.84. The minimum Gasteiger partial charge on any atom is -0.345 e. The van der Waals surface area contributed by atoms with Gasteiger partial charge in [0.1, 0.15) is 0 Å². The van der Waals surface area contributed by atoms with Gasteiger partial charge in [0.05, 0.1) is 10.2 Å². The zero-order chi connectivity index (χ0) is 18.1. The SMILES string of the molecule is Cc1ccc2sc(N3CCN(C(=O)NC4CCCCC4)CC3)nc2c1C. The minimum atomic E-state index is 0.118. The van der Waals surface area contributed by atoms with E-state index in [1.165, 1.54) is 35.1 Å². The molecular weight excluding hydrogens is 344 g/mol. The molecule has 1 aromatic heterocycles. The van der Waals surface area contributed by atoms with Gasteiger partial charge >= 0.3 is 6.03 Å². The predicted molar refractivity (Wildman–Crippen MR) is 108 cm³/mol. The van der Waals surface area contributed by atoms with Crippen molar-refractivity contribution in [2.24, 2.45) is 0 Å². The minimum absolute atomic E-state index is 0.118. The molecule has 2 fully saturated rings. The molecule has 0 spiro atoms. The summed E-state index contributed by atoms with van der Waals surface area (Å²) in [6.45, 7) is 7.54. The Hall–Kier alpha value is -1.82. The Morgan fingerprint density at radius 1 is 1.12 bits per heavy atom. The predicted octanol–water partition coefficient (Wildman–Crippen LogP) is 4.08. The lowest BCUT2D eigenvalue weighted by Gasteiger charge is -2.35. The fourth-order valence-corrected chi connectivity index (χ4v) is 5.04. The quantitative estimate of drug-likeness (QED) is 0.864. The first-order valence-corrected chi connectivity index (χ1v) is 10.6. The molecule has 140 valence electrons. The lowest BCUT2D eigenvalue weighted by atomic mass is 9.96. The van der Waals surface area contributed by atoms with E-state index in [0.717, 1.165) is 49.7 Å². The summed E-state index contributed by atoms with van der Waals surface area (Å²) >= 11 is 1.76. The molecule has 1 saturated heterocycles. The number of aryl methyl sites for hydroxylation is 2. The molecule has 1 aliphatic heterocycles. The lowest BCUT2D eigenvalue weighted by molar-refractivity contribution is 0.186. The number of hydrogen-bond donors (Lipinski definition) is 1. The van der Waals surface area contributed by atoms with E-state index in [2.05, 4.69) is 36.2 Å². The average Bonchev–Trinajstić information content (AvgIpc) is 3.11. The molecule has 2 heterocycles. The molecule has 0 unspecified atom stereocenters. The first kappa shape index (κ1) is 17.6. The molecule has 4 rings (SSSR count). The molecule has 2 amide bonds. The maximum atomic E-state index is 12.5. The van der Waals surface area contributed by atoms with Crippen LogP contribution < -0.4 is 10.2 Å². The maximum absolute atomic E-state index is 12.5. The fraction of sp³-hybridized carbons (Fsp3) is 0.600. The third kappa shape index (κ3) is 3.52. The number of nitrogens with one attached hydrogen (secondary N) is 1. The molecular formula is C20H28N4OS. The number of hydrogen-bond acceptors (Lipinski definition) is 4. The zero-order valence-corrected chi connectivity index (χ0v) is 16.6. The number of anilines is 1. The summed E-state index contributed by atoms with van der Waals surface area (Å²) < 4.78 is 1.25. The summed E-state index contributed by atoms with van der Waals surface area (Å²) in [6, 6.07) is 4.84. The molecule has 0 radical (unpaired) electrons. The van der Waals surface area contributed by atoms with Gasteiger partial charge in [-0.15, -0.1) is 0 Å². The highest BCUT2D eigenvalue weighted by molar-refractivity contribution is 7.22. The van der Waals surface area contributed by atoms with Crippen LogP contribution in [0.15, 0.2) is 12.1 Å². The topological polar surface area (TPSA) is 48.5 Å². The Morgan fingerprint density at radius 3 is 2.58 bits per heavy atom. The van der Waals surface area contributed by atoms with Crippen LogP contribution >= 0.6 is 11.3 Å². The number of rotatable bonds is 2. The van der Waals surface area contributed by atoms with Gasteiger partial charge in [0, 0.05) is 32.2 Å². The van der Waals surface area contributed by atoms with Gasteiger partial charge < -0.3 is 15.1 Å². The summed E-state index contributed by atoms with van der Waals surface area (Å²) in [5.74, 6) is 0. The summed E-state index contributed by atoms with van der Waals surface area (Å²) in [6.07, 6.45) is 6.07. The smallest absolute Gasteiger partial charge is 0.317 e. The largest absolute Gasteiger partial charge is 0.345 e. The van der Waals surface area contributed by atoms with Gasteiger partial charge in [0.15, 0.2) is 5.13 Å². The van der Waals surface area contributed by atoms with Crippen molar-refractivity contribution in [2.45, 2.75) is 52.0 Å². The van der Waals surface area contributed by atoms with E-state index in [9.17, 15) is 4.79 Å². The van der Waals surface area contributed by atoms with E-state index in [1.54, 1.807) is 11.3 Å². The summed E-state index contributed by atoms with van der Waals surface area (Å²) in [4.78, 5) is 21.7. The van der Waals surface area contributed by atoms with E-state index in [-0.39, 0.29) is 6.03 Å². The second-order valence-electron chi connectivity index (χ2n) is 7.61. The maximum Gasteiger partial charge on any atom is 0.317 e. The van der Waals surface area contributed by atoms with E-state index >= 15 is 0 Å². The van der Waals surface area contributed by atoms with Crippen LogP contribution in [-0.4, -0.2) is 48.1 Å². The Kier molecular flexibility index (Phi) is 5.02. The zero-order valence-electron chi connectivity index (χ0n) is 15.8. The number of thiazole rings is 1. The van der Waals surface area contributed by atoms with E-state index in [4.69, 9.17) is 4.98 Å². The third-order valence-corrected chi connectivity index (χ3v) is 6.93. The van der Waals surface area contributed by atoms with Crippen molar-refractivity contribution in [2.75, 3.05) is 31.1 Å². The van der Waals surface area contributed by atoms with Gasteiger partial charge in [-0.25, -0.2) is 9.78 Å². The molecule has 2 aliphatic rings. The number of fused-ring (bicyclic) bond motifs is 1. The van der Waals surface area contributed by atoms with Gasteiger partial charge in [-0.3, -0.25) is 0 Å². The van der Waals surface area contributed by atoms with Crippen molar-refractivity contribution in [3.05, 3.63) is 23.3 Å². The van der Waals surface area contributed by atoms with Crippen molar-refractivity contribution in [3.8, 4) is 0 Å². The molecule has 5 nitrogen and oxygen atoms in total. The van der Waals surface area contributed by atoms with Gasteiger partial charge in [0.2, 0.25) is 0 Å². The number of carbonyl (C=O) groups excluding carboxylic acids is 1. The van der Waals surface area contributed by atoms with Crippen molar-refractivity contribution in [1.82, 2.24) is 15.2 Å². The molecule has 0 bridgehead atoms. The van der Waals surface area contributed by atoms with Crippen molar-refractivity contribution >= 4 is 32.7 Å². The van der Waals surface area contributed by atoms with Gasteiger partial charge in [-0.05, 0) is 43.9 Å². The lowest BCUT2D eigenvalue weighted by Crippen LogP contribution is -2.53. The number of piperazine rings is 1. The molecule has 1 aromatic carbocycles. The van der Waals surface area contributed by atoms with Crippen LogP contribution in [0.3, 0.4) is 0 Å². The summed E-state index contributed by atoms with van der Waals surface area (Å²) in [5.41, 5.74) is 3.69. The highest BCUT2D eigenvalue weighted by Crippen LogP contribution is 2.32. The van der Waals surface area contributed by atoms with Crippen LogP contribution in [0.5, 0.6) is 0 Å². The van der Waals surface area contributed by atoms with Crippen molar-refractivity contribution < 1.29 is 4.79 Å². The normalized spacial score (nSPS) is 19.2. The number of carbonyl (C=O) groups is 1. The van der Waals surface area contributed by atoms with E-state index in [1.807, 2.05) is 4.90 Å². The molecule has 0 atom stereocenters. The number of benzene rings is 1. The first-order chi connectivity index (χ1) is 12.6. The Labute approximate surface area is 159 Å². The second kappa shape index (κ2) is 7.43. The van der Waals surface area contributed by atoms with Crippen LogP contribution in [0.25, 0.3) is 10.2 Å². The van der Waals surface area contributed by atoms with Crippen LogP contribution in [0.2, 0.25) is 0 Å².